The maximum atomic E-state index is 12.1. The predicted octanol–water partition coefficient (Wildman–Crippen LogP) is -1.63. The lowest BCUT2D eigenvalue weighted by atomic mass is 10.2. The molecule has 7 nitrogen and oxygen atoms in total. The average Bonchev–Trinajstić information content (AvgIpc) is 2.69. The van der Waals surface area contributed by atoms with Crippen molar-refractivity contribution >= 4 is 16.1 Å². The van der Waals surface area contributed by atoms with Crippen molar-refractivity contribution in [2.75, 3.05) is 32.7 Å². The van der Waals surface area contributed by atoms with Gasteiger partial charge in [-0.05, 0) is 6.92 Å². The number of piperazine rings is 1. The van der Waals surface area contributed by atoms with Gasteiger partial charge in [-0.15, -0.1) is 0 Å². The monoisotopic (exact) mass is 262 g/mol. The number of nitrogens with one attached hydrogen (secondary N) is 1. The molecule has 3 N–H and O–H groups in total. The quantitative estimate of drug-likeness (QED) is 0.638. The van der Waals surface area contributed by atoms with Gasteiger partial charge in [-0.3, -0.25) is 0 Å². The highest BCUT2D eigenvalue weighted by molar-refractivity contribution is 7.89. The number of hydrogen-bond acceptors (Lipinski definition) is 4. The van der Waals surface area contributed by atoms with Crippen LogP contribution < -0.4 is 11.1 Å². The van der Waals surface area contributed by atoms with Gasteiger partial charge in [0.15, 0.2) is 0 Å². The van der Waals surface area contributed by atoms with Crippen molar-refractivity contribution in [3.05, 3.63) is 0 Å². The summed E-state index contributed by atoms with van der Waals surface area (Å²) in [7, 11) is -3.33. The molecule has 2 aliphatic heterocycles. The summed E-state index contributed by atoms with van der Waals surface area (Å²) in [5.74, 6) is 0. The smallest absolute Gasteiger partial charge is 0.317 e. The van der Waals surface area contributed by atoms with Crippen molar-refractivity contribution in [3.8, 4) is 0 Å². The van der Waals surface area contributed by atoms with Crippen LogP contribution in [-0.2, 0) is 10.0 Å². The molecule has 0 spiro atoms. The van der Waals surface area contributed by atoms with Gasteiger partial charge in [0.1, 0.15) is 0 Å². The summed E-state index contributed by atoms with van der Waals surface area (Å²) in [5.41, 5.74) is 5.41. The molecule has 98 valence electrons. The van der Waals surface area contributed by atoms with Gasteiger partial charge in [0, 0.05) is 32.7 Å². The Morgan fingerprint density at radius 2 is 2.24 bits per heavy atom. The Bertz CT molecular complexity index is 410. The molecule has 0 aromatic rings. The lowest BCUT2D eigenvalue weighted by Gasteiger charge is -2.36. The highest BCUT2D eigenvalue weighted by atomic mass is 32.2. The Labute approximate surface area is 101 Å². The van der Waals surface area contributed by atoms with Crippen LogP contribution in [0, 0.1) is 0 Å². The van der Waals surface area contributed by atoms with Gasteiger partial charge in [-0.2, -0.15) is 4.31 Å². The summed E-state index contributed by atoms with van der Waals surface area (Å²) in [6.45, 7) is 3.42. The molecule has 0 aliphatic carbocycles. The molecule has 0 aromatic heterocycles. The fourth-order valence-corrected chi connectivity index (χ4v) is 3.65. The third kappa shape index (κ3) is 2.12. The molecule has 8 heteroatoms. The van der Waals surface area contributed by atoms with E-state index in [0.717, 1.165) is 0 Å². The van der Waals surface area contributed by atoms with Crippen molar-refractivity contribution in [2.24, 2.45) is 5.73 Å². The molecule has 2 aliphatic rings. The number of amides is 2. The minimum Gasteiger partial charge on any atom is -0.336 e. The minimum atomic E-state index is -3.33. The number of nitrogens with two attached hydrogens (primary N) is 1. The number of nitrogens with zero attached hydrogens (tertiary/aromatic N) is 2. The maximum Gasteiger partial charge on any atom is 0.317 e. The zero-order valence-corrected chi connectivity index (χ0v) is 10.6. The van der Waals surface area contributed by atoms with Crippen LogP contribution in [0.4, 0.5) is 4.79 Å². The van der Waals surface area contributed by atoms with Gasteiger partial charge in [0.25, 0.3) is 0 Å². The average molecular weight is 262 g/mol. The van der Waals surface area contributed by atoms with Crippen LogP contribution in [0.1, 0.15) is 6.92 Å². The number of carbonyl (C=O) groups is 1. The van der Waals surface area contributed by atoms with Crippen LogP contribution in [0.15, 0.2) is 0 Å². The Balaban J connectivity index is 2.09. The Morgan fingerprint density at radius 3 is 2.88 bits per heavy atom. The van der Waals surface area contributed by atoms with Gasteiger partial charge in [-0.1, -0.05) is 0 Å². The van der Waals surface area contributed by atoms with Gasteiger partial charge < -0.3 is 16.0 Å². The van der Waals surface area contributed by atoms with E-state index in [1.54, 1.807) is 11.8 Å². The Kier molecular flexibility index (Phi) is 3.28. The minimum absolute atomic E-state index is 0.0454. The first-order valence-electron chi connectivity index (χ1n) is 5.70. The van der Waals surface area contributed by atoms with Crippen molar-refractivity contribution in [1.29, 1.82) is 0 Å². The number of fused-ring (bicyclic) bond motifs is 1. The fourth-order valence-electron chi connectivity index (χ4n) is 2.18. The van der Waals surface area contributed by atoms with Crippen LogP contribution in [0.2, 0.25) is 0 Å². The fraction of sp³-hybridized carbons (Fsp3) is 0.889. The second-order valence-electron chi connectivity index (χ2n) is 4.48. The molecule has 0 bridgehead atoms. The number of urea groups is 1. The summed E-state index contributed by atoms with van der Waals surface area (Å²) < 4.78 is 25.7. The van der Waals surface area contributed by atoms with E-state index < -0.39 is 15.3 Å². The standard InChI is InChI=1S/C9H18N4O3S/c1-7(4-10)17(15,16)12-2-3-13-8(6-12)5-11-9(13)14/h7-8H,2-6,10H2,1H3,(H,11,14). The van der Waals surface area contributed by atoms with Crippen LogP contribution >= 0.6 is 0 Å². The molecule has 2 atom stereocenters. The zero-order valence-electron chi connectivity index (χ0n) is 9.80. The van der Waals surface area contributed by atoms with E-state index in [1.807, 2.05) is 0 Å². The van der Waals surface area contributed by atoms with E-state index in [9.17, 15) is 13.2 Å². The molecule has 0 saturated carbocycles. The number of carbonyl (C=O) groups excluding carboxylic acids is 1. The second kappa shape index (κ2) is 4.43. The summed E-state index contributed by atoms with van der Waals surface area (Å²) in [5, 5.41) is 2.15. The van der Waals surface area contributed by atoms with Crippen LogP contribution in [0.5, 0.6) is 0 Å². The van der Waals surface area contributed by atoms with Crippen LogP contribution in [0.25, 0.3) is 0 Å². The molecule has 2 rings (SSSR count). The van der Waals surface area contributed by atoms with Crippen molar-refractivity contribution < 1.29 is 13.2 Å². The highest BCUT2D eigenvalue weighted by Crippen LogP contribution is 2.18. The second-order valence-corrected chi connectivity index (χ2v) is 6.83. The van der Waals surface area contributed by atoms with Crippen LogP contribution in [-0.4, -0.2) is 67.7 Å². The molecule has 2 amide bonds. The van der Waals surface area contributed by atoms with Gasteiger partial charge >= 0.3 is 6.03 Å². The SMILES string of the molecule is CC(CN)S(=O)(=O)N1CCN2C(=O)NCC2C1. The van der Waals surface area contributed by atoms with Gasteiger partial charge in [0.2, 0.25) is 10.0 Å². The predicted molar refractivity (Wildman–Crippen MR) is 62.9 cm³/mol. The van der Waals surface area contributed by atoms with E-state index >= 15 is 0 Å². The van der Waals surface area contributed by atoms with Gasteiger partial charge in [0.05, 0.1) is 11.3 Å². The number of rotatable bonds is 3. The molecule has 2 heterocycles. The summed E-state index contributed by atoms with van der Waals surface area (Å²) >= 11 is 0. The molecule has 0 radical (unpaired) electrons. The van der Waals surface area contributed by atoms with Crippen molar-refractivity contribution in [3.63, 3.8) is 0 Å². The van der Waals surface area contributed by atoms with E-state index in [1.165, 1.54) is 4.31 Å². The largest absolute Gasteiger partial charge is 0.336 e. The Hall–Kier alpha value is -0.860. The lowest BCUT2D eigenvalue weighted by molar-refractivity contribution is 0.164. The first-order chi connectivity index (χ1) is 7.96. The van der Waals surface area contributed by atoms with E-state index in [0.29, 0.717) is 26.2 Å². The third-order valence-corrected chi connectivity index (χ3v) is 5.66. The first-order valence-corrected chi connectivity index (χ1v) is 7.20. The lowest BCUT2D eigenvalue weighted by Crippen LogP contribution is -2.55. The molecule has 0 aromatic carbocycles. The molecular formula is C9H18N4O3S. The van der Waals surface area contributed by atoms with E-state index in [4.69, 9.17) is 5.73 Å². The first kappa shape index (κ1) is 12.6. The zero-order chi connectivity index (χ0) is 12.6. The third-order valence-electron chi connectivity index (χ3n) is 3.40. The highest BCUT2D eigenvalue weighted by Gasteiger charge is 2.40. The normalized spacial score (nSPS) is 27.8. The number of sulfonamides is 1. The summed E-state index contributed by atoms with van der Waals surface area (Å²) in [4.78, 5) is 13.1. The Morgan fingerprint density at radius 1 is 1.53 bits per heavy atom. The molecular weight excluding hydrogens is 244 g/mol. The summed E-state index contributed by atoms with van der Waals surface area (Å²) in [6, 6.07) is -0.144. The van der Waals surface area contributed by atoms with Crippen molar-refractivity contribution in [2.45, 2.75) is 18.2 Å². The topological polar surface area (TPSA) is 95.7 Å². The molecule has 2 saturated heterocycles. The van der Waals surface area contributed by atoms with Crippen LogP contribution in [0.3, 0.4) is 0 Å². The van der Waals surface area contributed by atoms with E-state index in [-0.39, 0.29) is 18.6 Å². The number of hydrogen-bond donors (Lipinski definition) is 2. The van der Waals surface area contributed by atoms with E-state index in [2.05, 4.69) is 5.32 Å². The summed E-state index contributed by atoms with van der Waals surface area (Å²) in [6.07, 6.45) is 0. The van der Waals surface area contributed by atoms with Crippen molar-refractivity contribution in [1.82, 2.24) is 14.5 Å². The molecule has 2 unspecified atom stereocenters. The maximum absolute atomic E-state index is 12.1. The van der Waals surface area contributed by atoms with Gasteiger partial charge in [-0.25, -0.2) is 13.2 Å². The molecule has 17 heavy (non-hydrogen) atoms. The molecule has 2 fully saturated rings.